The van der Waals surface area contributed by atoms with Crippen LogP contribution in [0.15, 0.2) is 47.7 Å². The third-order valence-corrected chi connectivity index (χ3v) is 5.61. The third kappa shape index (κ3) is 7.91. The van der Waals surface area contributed by atoms with Gasteiger partial charge in [0.05, 0.1) is 11.7 Å². The number of piperidine rings is 1. The van der Waals surface area contributed by atoms with Gasteiger partial charge in [0.15, 0.2) is 5.96 Å². The molecule has 0 spiro atoms. The van der Waals surface area contributed by atoms with Crippen LogP contribution in [-0.4, -0.2) is 53.9 Å². The van der Waals surface area contributed by atoms with Gasteiger partial charge in [-0.25, -0.2) is 4.68 Å². The number of unbranched alkanes of at least 4 members (excludes halogenated alkanes) is 2. The molecular formula is C23H37IN6. The molecule has 2 N–H and O–H groups in total. The van der Waals surface area contributed by atoms with Crippen LogP contribution in [0.5, 0.6) is 0 Å². The summed E-state index contributed by atoms with van der Waals surface area (Å²) in [6.07, 6.45) is 11.7. The molecule has 0 bridgehead atoms. The van der Waals surface area contributed by atoms with E-state index in [0.717, 1.165) is 18.2 Å². The Labute approximate surface area is 198 Å². The maximum Gasteiger partial charge on any atom is 0.191 e. The summed E-state index contributed by atoms with van der Waals surface area (Å²) in [7, 11) is 1.83. The molecule has 6 nitrogen and oxygen atoms in total. The number of nitrogens with zero attached hydrogens (tertiary/aromatic N) is 4. The molecule has 7 heteroatoms. The maximum atomic E-state index is 4.39. The molecule has 2 heterocycles. The van der Waals surface area contributed by atoms with Crippen LogP contribution in [0, 0.1) is 0 Å². The fourth-order valence-corrected chi connectivity index (χ4v) is 3.87. The predicted molar refractivity (Wildman–Crippen MR) is 136 cm³/mol. The molecule has 166 valence electrons. The van der Waals surface area contributed by atoms with Gasteiger partial charge in [-0.05, 0) is 76.0 Å². The molecule has 0 aliphatic carbocycles. The Hall–Kier alpha value is -1.61. The van der Waals surface area contributed by atoms with Gasteiger partial charge in [0.1, 0.15) is 0 Å². The molecule has 0 radical (unpaired) electrons. The van der Waals surface area contributed by atoms with Crippen LogP contribution in [0.1, 0.15) is 57.1 Å². The Morgan fingerprint density at radius 3 is 2.70 bits per heavy atom. The quantitative estimate of drug-likeness (QED) is 0.222. The second kappa shape index (κ2) is 13.6. The van der Waals surface area contributed by atoms with Gasteiger partial charge in [-0.15, -0.1) is 24.0 Å². The molecule has 1 aromatic carbocycles. The topological polar surface area (TPSA) is 57.5 Å². The molecule has 1 aromatic heterocycles. The van der Waals surface area contributed by atoms with Crippen molar-refractivity contribution in [1.29, 1.82) is 0 Å². The van der Waals surface area contributed by atoms with E-state index in [1.807, 2.05) is 24.0 Å². The Kier molecular flexibility index (Phi) is 11.2. The number of rotatable bonds is 9. The number of nitrogens with one attached hydrogen (secondary N) is 2. The zero-order valence-electron chi connectivity index (χ0n) is 18.4. The van der Waals surface area contributed by atoms with Crippen LogP contribution < -0.4 is 10.6 Å². The number of aromatic nitrogens is 2. The van der Waals surface area contributed by atoms with Gasteiger partial charge in [0.25, 0.3) is 0 Å². The Balaban J connectivity index is 0.00000320. The van der Waals surface area contributed by atoms with E-state index in [4.69, 9.17) is 0 Å². The van der Waals surface area contributed by atoms with Crippen LogP contribution in [0.4, 0.5) is 0 Å². The first kappa shape index (κ1) is 24.7. The summed E-state index contributed by atoms with van der Waals surface area (Å²) in [5, 5.41) is 11.3. The SMILES string of the molecule is CN=C(NCCCCCN1CCCCC1)NC(C)c1cccc(-n2cccn2)c1.I. The van der Waals surface area contributed by atoms with E-state index in [9.17, 15) is 0 Å². The first-order chi connectivity index (χ1) is 14.3. The van der Waals surface area contributed by atoms with Crippen molar-refractivity contribution in [2.24, 2.45) is 4.99 Å². The number of halogens is 1. The van der Waals surface area contributed by atoms with Crippen molar-refractivity contribution in [1.82, 2.24) is 25.3 Å². The van der Waals surface area contributed by atoms with Gasteiger partial charge in [-0.2, -0.15) is 5.10 Å². The van der Waals surface area contributed by atoms with Gasteiger partial charge in [-0.3, -0.25) is 4.99 Å². The Bertz CT molecular complexity index is 740. The average Bonchev–Trinajstić information content (AvgIpc) is 3.31. The Morgan fingerprint density at radius 1 is 1.13 bits per heavy atom. The number of hydrogen-bond acceptors (Lipinski definition) is 3. The van der Waals surface area contributed by atoms with E-state index in [1.165, 1.54) is 63.7 Å². The van der Waals surface area contributed by atoms with Crippen LogP contribution in [-0.2, 0) is 0 Å². The predicted octanol–water partition coefficient (Wildman–Crippen LogP) is 4.37. The first-order valence-corrected chi connectivity index (χ1v) is 11.1. The zero-order chi connectivity index (χ0) is 20.3. The smallest absolute Gasteiger partial charge is 0.191 e. The van der Waals surface area contributed by atoms with Gasteiger partial charge in [-0.1, -0.05) is 25.0 Å². The fraction of sp³-hybridized carbons (Fsp3) is 0.565. The molecule has 1 aliphatic heterocycles. The molecule has 1 unspecified atom stereocenters. The molecule has 1 atom stereocenters. The largest absolute Gasteiger partial charge is 0.356 e. The van der Waals surface area contributed by atoms with E-state index < -0.39 is 0 Å². The highest BCUT2D eigenvalue weighted by Crippen LogP contribution is 2.16. The lowest BCUT2D eigenvalue weighted by atomic mass is 10.1. The lowest BCUT2D eigenvalue weighted by Crippen LogP contribution is -2.39. The molecule has 3 rings (SSSR count). The van der Waals surface area contributed by atoms with E-state index in [2.05, 4.69) is 56.8 Å². The summed E-state index contributed by atoms with van der Waals surface area (Å²) in [4.78, 5) is 7.01. The van der Waals surface area contributed by atoms with Crippen molar-refractivity contribution in [3.8, 4) is 5.69 Å². The second-order valence-electron chi connectivity index (χ2n) is 7.87. The van der Waals surface area contributed by atoms with Crippen molar-refractivity contribution in [3.05, 3.63) is 48.3 Å². The summed E-state index contributed by atoms with van der Waals surface area (Å²) in [6.45, 7) is 6.98. The minimum absolute atomic E-state index is 0. The minimum atomic E-state index is 0. The number of aliphatic imine (C=N–C) groups is 1. The first-order valence-electron chi connectivity index (χ1n) is 11.1. The minimum Gasteiger partial charge on any atom is -0.356 e. The van der Waals surface area contributed by atoms with Crippen molar-refractivity contribution < 1.29 is 0 Å². The lowest BCUT2D eigenvalue weighted by molar-refractivity contribution is 0.224. The van der Waals surface area contributed by atoms with E-state index in [0.29, 0.717) is 0 Å². The number of benzene rings is 1. The van der Waals surface area contributed by atoms with E-state index in [-0.39, 0.29) is 30.0 Å². The van der Waals surface area contributed by atoms with Crippen LogP contribution in [0.25, 0.3) is 5.69 Å². The van der Waals surface area contributed by atoms with Crippen molar-refractivity contribution >= 4 is 29.9 Å². The fourth-order valence-electron chi connectivity index (χ4n) is 3.87. The standard InChI is InChI=1S/C23H36N6.HI/c1-20(21-11-9-12-22(19-21)29-18-10-14-26-29)27-23(24-2)25-13-5-3-6-15-28-16-7-4-8-17-28;/h9-12,14,18-20H,3-8,13,15-17H2,1-2H3,(H2,24,25,27);1H. The van der Waals surface area contributed by atoms with Crippen LogP contribution >= 0.6 is 24.0 Å². The summed E-state index contributed by atoms with van der Waals surface area (Å²) >= 11 is 0. The highest BCUT2D eigenvalue weighted by atomic mass is 127. The molecule has 30 heavy (non-hydrogen) atoms. The summed E-state index contributed by atoms with van der Waals surface area (Å²) in [5.74, 6) is 0.859. The highest BCUT2D eigenvalue weighted by molar-refractivity contribution is 14.0. The highest BCUT2D eigenvalue weighted by Gasteiger charge is 2.10. The average molecular weight is 524 g/mol. The zero-order valence-corrected chi connectivity index (χ0v) is 20.7. The lowest BCUT2D eigenvalue weighted by Gasteiger charge is -2.26. The van der Waals surface area contributed by atoms with E-state index in [1.54, 1.807) is 6.20 Å². The molecular weight excluding hydrogens is 487 g/mol. The summed E-state index contributed by atoms with van der Waals surface area (Å²) in [5.41, 5.74) is 2.28. The number of likely N-dealkylation sites (tertiary alicyclic amines) is 1. The number of guanidine groups is 1. The van der Waals surface area contributed by atoms with Crippen molar-refractivity contribution in [2.75, 3.05) is 33.2 Å². The van der Waals surface area contributed by atoms with Crippen molar-refractivity contribution in [3.63, 3.8) is 0 Å². The van der Waals surface area contributed by atoms with Crippen LogP contribution in [0.3, 0.4) is 0 Å². The molecule has 2 aromatic rings. The molecule has 0 amide bonds. The summed E-state index contributed by atoms with van der Waals surface area (Å²) < 4.78 is 1.88. The van der Waals surface area contributed by atoms with Gasteiger partial charge < -0.3 is 15.5 Å². The second-order valence-corrected chi connectivity index (χ2v) is 7.87. The van der Waals surface area contributed by atoms with Gasteiger partial charge in [0, 0.05) is 26.0 Å². The normalized spacial score (nSPS) is 16.0. The molecule has 1 aliphatic rings. The third-order valence-electron chi connectivity index (χ3n) is 5.61. The van der Waals surface area contributed by atoms with E-state index >= 15 is 0 Å². The molecule has 1 saturated heterocycles. The summed E-state index contributed by atoms with van der Waals surface area (Å²) in [6, 6.07) is 10.5. The number of hydrogen-bond donors (Lipinski definition) is 2. The molecule has 1 fully saturated rings. The van der Waals surface area contributed by atoms with Crippen LogP contribution in [0.2, 0.25) is 0 Å². The Morgan fingerprint density at radius 2 is 1.97 bits per heavy atom. The molecule has 0 saturated carbocycles. The van der Waals surface area contributed by atoms with Gasteiger partial charge >= 0.3 is 0 Å². The van der Waals surface area contributed by atoms with Crippen molar-refractivity contribution in [2.45, 2.75) is 51.5 Å². The van der Waals surface area contributed by atoms with Gasteiger partial charge in [0.2, 0.25) is 0 Å². The maximum absolute atomic E-state index is 4.39. The monoisotopic (exact) mass is 524 g/mol.